The first-order chi connectivity index (χ1) is 12.2. The molecule has 1 aliphatic rings. The van der Waals surface area contributed by atoms with Crippen LogP contribution in [0.25, 0.3) is 5.69 Å². The van der Waals surface area contributed by atoms with E-state index in [2.05, 4.69) is 22.1 Å². The van der Waals surface area contributed by atoms with Gasteiger partial charge in [-0.05, 0) is 38.0 Å². The van der Waals surface area contributed by atoms with Gasteiger partial charge in [-0.25, -0.2) is 4.98 Å². The molecule has 0 bridgehead atoms. The van der Waals surface area contributed by atoms with E-state index < -0.39 is 0 Å². The highest BCUT2D eigenvalue weighted by atomic mass is 32.1. The minimum Gasteiger partial charge on any atom is -0.338 e. The molecule has 1 atom stereocenters. The molecule has 0 saturated carbocycles. The predicted octanol–water partition coefficient (Wildman–Crippen LogP) is 3.05. The summed E-state index contributed by atoms with van der Waals surface area (Å²) in [6.07, 6.45) is 7.29. The molecule has 1 unspecified atom stereocenters. The number of thiazole rings is 1. The number of rotatable bonds is 3. The van der Waals surface area contributed by atoms with Crippen molar-refractivity contribution < 1.29 is 4.79 Å². The first-order valence-corrected chi connectivity index (χ1v) is 9.19. The van der Waals surface area contributed by atoms with Crippen LogP contribution in [0.1, 0.15) is 39.0 Å². The number of hydrogen-bond donors (Lipinski definition) is 0. The molecule has 128 valence electrons. The van der Waals surface area contributed by atoms with Gasteiger partial charge in [-0.15, -0.1) is 21.5 Å². The van der Waals surface area contributed by atoms with Crippen LogP contribution in [-0.4, -0.2) is 43.6 Å². The monoisotopic (exact) mass is 353 g/mol. The molecule has 1 fully saturated rings. The summed E-state index contributed by atoms with van der Waals surface area (Å²) in [5, 5.41) is 8.79. The fraction of sp³-hybridized carbons (Fsp3) is 0.333. The van der Waals surface area contributed by atoms with E-state index in [1.54, 1.807) is 28.6 Å². The summed E-state index contributed by atoms with van der Waals surface area (Å²) < 4.78 is 1.80. The lowest BCUT2D eigenvalue weighted by Crippen LogP contribution is -2.39. The summed E-state index contributed by atoms with van der Waals surface area (Å²) >= 11 is 1.74. The van der Waals surface area contributed by atoms with Crippen molar-refractivity contribution in [3.8, 4) is 5.69 Å². The van der Waals surface area contributed by atoms with Gasteiger partial charge in [0.1, 0.15) is 12.7 Å². The molecule has 0 radical (unpaired) electrons. The Morgan fingerprint density at radius 3 is 2.88 bits per heavy atom. The van der Waals surface area contributed by atoms with E-state index in [1.807, 2.05) is 35.4 Å². The second kappa shape index (κ2) is 6.76. The molecule has 1 saturated heterocycles. The van der Waals surface area contributed by atoms with Crippen LogP contribution in [0.3, 0.4) is 0 Å². The van der Waals surface area contributed by atoms with E-state index in [9.17, 15) is 4.79 Å². The number of likely N-dealkylation sites (tertiary alicyclic amines) is 1. The lowest BCUT2D eigenvalue weighted by molar-refractivity contribution is 0.0707. The Hall–Kier alpha value is -2.54. The second-order valence-electron chi connectivity index (χ2n) is 6.32. The summed E-state index contributed by atoms with van der Waals surface area (Å²) in [6.45, 7) is 3.61. The summed E-state index contributed by atoms with van der Waals surface area (Å²) in [6, 6.07) is 7.60. The van der Waals surface area contributed by atoms with Gasteiger partial charge in [0, 0.05) is 41.3 Å². The number of aryl methyl sites for hydroxylation is 1. The first-order valence-electron chi connectivity index (χ1n) is 8.37. The van der Waals surface area contributed by atoms with Gasteiger partial charge in [-0.2, -0.15) is 0 Å². The number of carbonyl (C=O) groups excluding carboxylic acids is 1. The molecule has 3 heterocycles. The number of hydrogen-bond acceptors (Lipinski definition) is 5. The molecule has 1 aliphatic heterocycles. The SMILES string of the molecule is Cc1cnc(C2CCCN(C(=O)c3cccc(-n4cnnc4)c3)C2)s1. The average Bonchev–Trinajstić information content (AvgIpc) is 3.33. The van der Waals surface area contributed by atoms with Crippen LogP contribution < -0.4 is 0 Å². The van der Waals surface area contributed by atoms with Gasteiger partial charge in [0.15, 0.2) is 0 Å². The second-order valence-corrected chi connectivity index (χ2v) is 7.59. The number of carbonyl (C=O) groups is 1. The minimum atomic E-state index is 0.0768. The van der Waals surface area contributed by atoms with E-state index in [1.165, 1.54) is 4.88 Å². The zero-order valence-corrected chi connectivity index (χ0v) is 14.8. The number of amides is 1. The van der Waals surface area contributed by atoms with Crippen LogP contribution >= 0.6 is 11.3 Å². The summed E-state index contributed by atoms with van der Waals surface area (Å²) in [5.74, 6) is 0.422. The Bertz CT molecular complexity index is 873. The molecule has 0 N–H and O–H groups in total. The average molecular weight is 353 g/mol. The van der Waals surface area contributed by atoms with Crippen molar-refractivity contribution in [3.63, 3.8) is 0 Å². The normalized spacial score (nSPS) is 17.6. The van der Waals surface area contributed by atoms with Gasteiger partial charge in [-0.1, -0.05) is 6.07 Å². The van der Waals surface area contributed by atoms with Gasteiger partial charge < -0.3 is 4.90 Å². The molecule has 0 spiro atoms. The van der Waals surface area contributed by atoms with Crippen molar-refractivity contribution in [1.82, 2.24) is 24.6 Å². The summed E-state index contributed by atoms with van der Waals surface area (Å²) in [4.78, 5) is 20.7. The van der Waals surface area contributed by atoms with Crippen LogP contribution in [-0.2, 0) is 0 Å². The molecule has 6 nitrogen and oxygen atoms in total. The Morgan fingerprint density at radius 1 is 1.28 bits per heavy atom. The highest BCUT2D eigenvalue weighted by molar-refractivity contribution is 7.11. The topological polar surface area (TPSA) is 63.9 Å². The number of benzene rings is 1. The number of piperidine rings is 1. The van der Waals surface area contributed by atoms with Crippen LogP contribution in [0.4, 0.5) is 0 Å². The molecule has 4 rings (SSSR count). The Morgan fingerprint density at radius 2 is 2.12 bits per heavy atom. The predicted molar refractivity (Wildman–Crippen MR) is 96.1 cm³/mol. The highest BCUT2D eigenvalue weighted by Gasteiger charge is 2.27. The third kappa shape index (κ3) is 3.32. The van der Waals surface area contributed by atoms with E-state index in [-0.39, 0.29) is 5.91 Å². The molecule has 1 amide bonds. The molecule has 0 aliphatic carbocycles. The van der Waals surface area contributed by atoms with Crippen LogP contribution in [0.5, 0.6) is 0 Å². The lowest BCUT2D eigenvalue weighted by Gasteiger charge is -2.32. The van der Waals surface area contributed by atoms with Crippen molar-refractivity contribution >= 4 is 17.2 Å². The maximum absolute atomic E-state index is 13.0. The van der Waals surface area contributed by atoms with Crippen LogP contribution in [0, 0.1) is 6.92 Å². The Labute approximate surface area is 150 Å². The van der Waals surface area contributed by atoms with Gasteiger partial charge >= 0.3 is 0 Å². The Kier molecular flexibility index (Phi) is 4.31. The third-order valence-electron chi connectivity index (χ3n) is 4.51. The van der Waals surface area contributed by atoms with Gasteiger partial charge in [0.25, 0.3) is 5.91 Å². The largest absolute Gasteiger partial charge is 0.338 e. The molecule has 3 aromatic rings. The number of nitrogens with zero attached hydrogens (tertiary/aromatic N) is 5. The highest BCUT2D eigenvalue weighted by Crippen LogP contribution is 2.30. The maximum atomic E-state index is 13.0. The standard InChI is InChI=1S/C18H19N5OS/c1-13-9-19-17(25-13)15-5-3-7-22(10-15)18(24)14-4-2-6-16(8-14)23-11-20-21-12-23/h2,4,6,8-9,11-12,15H,3,5,7,10H2,1H3. The number of aromatic nitrogens is 4. The quantitative estimate of drug-likeness (QED) is 0.726. The summed E-state index contributed by atoms with van der Waals surface area (Å²) in [5.41, 5.74) is 1.59. The lowest BCUT2D eigenvalue weighted by atomic mass is 9.98. The van der Waals surface area contributed by atoms with Crippen molar-refractivity contribution in [2.75, 3.05) is 13.1 Å². The molecular weight excluding hydrogens is 334 g/mol. The van der Waals surface area contributed by atoms with Gasteiger partial charge in [0.2, 0.25) is 0 Å². The van der Waals surface area contributed by atoms with E-state index in [0.29, 0.717) is 11.5 Å². The van der Waals surface area contributed by atoms with Crippen molar-refractivity contribution in [2.45, 2.75) is 25.7 Å². The molecule has 25 heavy (non-hydrogen) atoms. The van der Waals surface area contributed by atoms with Gasteiger partial charge in [0.05, 0.1) is 5.01 Å². The fourth-order valence-corrected chi connectivity index (χ4v) is 4.14. The van der Waals surface area contributed by atoms with E-state index in [0.717, 1.165) is 36.6 Å². The van der Waals surface area contributed by atoms with Crippen molar-refractivity contribution in [3.05, 3.63) is 58.6 Å². The smallest absolute Gasteiger partial charge is 0.253 e. The van der Waals surface area contributed by atoms with E-state index in [4.69, 9.17) is 0 Å². The zero-order chi connectivity index (χ0) is 17.2. The van der Waals surface area contributed by atoms with Crippen LogP contribution in [0.15, 0.2) is 43.1 Å². The first kappa shape index (κ1) is 16.0. The van der Waals surface area contributed by atoms with Crippen LogP contribution in [0.2, 0.25) is 0 Å². The minimum absolute atomic E-state index is 0.0768. The zero-order valence-electron chi connectivity index (χ0n) is 14.0. The summed E-state index contributed by atoms with van der Waals surface area (Å²) in [7, 11) is 0. The van der Waals surface area contributed by atoms with Crippen molar-refractivity contribution in [1.29, 1.82) is 0 Å². The molecule has 7 heteroatoms. The van der Waals surface area contributed by atoms with E-state index >= 15 is 0 Å². The molecular formula is C18H19N5OS. The van der Waals surface area contributed by atoms with Gasteiger partial charge in [-0.3, -0.25) is 9.36 Å². The van der Waals surface area contributed by atoms with Crippen molar-refractivity contribution in [2.24, 2.45) is 0 Å². The third-order valence-corrected chi connectivity index (χ3v) is 5.58. The molecule has 2 aromatic heterocycles. The molecule has 1 aromatic carbocycles. The maximum Gasteiger partial charge on any atom is 0.253 e. The Balaban J connectivity index is 1.53. The fourth-order valence-electron chi connectivity index (χ4n) is 3.24.